The van der Waals surface area contributed by atoms with Crippen LogP contribution in [0.25, 0.3) is 0 Å². The third-order valence-corrected chi connectivity index (χ3v) is 8.40. The molecule has 4 rings (SSSR count). The van der Waals surface area contributed by atoms with Crippen molar-refractivity contribution in [2.75, 3.05) is 13.1 Å². The van der Waals surface area contributed by atoms with E-state index in [2.05, 4.69) is 24.4 Å². The monoisotopic (exact) mass is 426 g/mol. The van der Waals surface area contributed by atoms with Gasteiger partial charge in [0, 0.05) is 18.7 Å². The van der Waals surface area contributed by atoms with Crippen molar-refractivity contribution in [1.82, 2.24) is 9.62 Å². The number of hydrogen-bond acceptors (Lipinski definition) is 3. The molecule has 5 nitrogen and oxygen atoms in total. The van der Waals surface area contributed by atoms with E-state index in [-0.39, 0.29) is 16.8 Å². The largest absolute Gasteiger partial charge is 0.345 e. The first-order valence-electron chi connectivity index (χ1n) is 10.9. The molecule has 0 unspecified atom stereocenters. The summed E-state index contributed by atoms with van der Waals surface area (Å²) in [6.07, 6.45) is 4.71. The lowest BCUT2D eigenvalue weighted by molar-refractivity contribution is 0.0932. The fraction of sp³-hybridized carbons (Fsp3) is 0.458. The maximum absolute atomic E-state index is 13.1. The van der Waals surface area contributed by atoms with Crippen LogP contribution < -0.4 is 5.32 Å². The second-order valence-electron chi connectivity index (χ2n) is 8.68. The molecule has 2 aromatic carbocycles. The van der Waals surface area contributed by atoms with Gasteiger partial charge in [0.05, 0.1) is 10.9 Å². The van der Waals surface area contributed by atoms with Crippen LogP contribution in [0.4, 0.5) is 0 Å². The van der Waals surface area contributed by atoms with Crippen LogP contribution in [-0.2, 0) is 16.4 Å². The molecule has 6 heteroatoms. The highest BCUT2D eigenvalue weighted by Gasteiger charge is 2.29. The summed E-state index contributed by atoms with van der Waals surface area (Å²) >= 11 is 0. The maximum atomic E-state index is 13.1. The van der Waals surface area contributed by atoms with Gasteiger partial charge in [-0.1, -0.05) is 37.3 Å². The highest BCUT2D eigenvalue weighted by atomic mass is 32.2. The number of amides is 1. The molecule has 2 aliphatic rings. The van der Waals surface area contributed by atoms with Crippen molar-refractivity contribution < 1.29 is 13.2 Å². The molecule has 1 atom stereocenters. The molecule has 1 N–H and O–H groups in total. The van der Waals surface area contributed by atoms with Crippen molar-refractivity contribution in [2.45, 2.75) is 56.9 Å². The molecule has 0 saturated carbocycles. The molecule has 1 aliphatic carbocycles. The Kier molecular flexibility index (Phi) is 5.98. The van der Waals surface area contributed by atoms with Gasteiger partial charge in [0.25, 0.3) is 5.91 Å². The maximum Gasteiger partial charge on any atom is 0.252 e. The van der Waals surface area contributed by atoms with Crippen LogP contribution in [0, 0.1) is 12.8 Å². The molecule has 1 aliphatic heterocycles. The number of benzene rings is 2. The van der Waals surface area contributed by atoms with E-state index in [1.807, 2.05) is 19.1 Å². The lowest BCUT2D eigenvalue weighted by Crippen LogP contribution is -2.38. The van der Waals surface area contributed by atoms with Gasteiger partial charge >= 0.3 is 0 Å². The average Bonchev–Trinajstić information content (AvgIpc) is 2.74. The van der Waals surface area contributed by atoms with Gasteiger partial charge in [0.15, 0.2) is 0 Å². The predicted octanol–water partition coefficient (Wildman–Crippen LogP) is 4.22. The summed E-state index contributed by atoms with van der Waals surface area (Å²) in [6.45, 7) is 5.08. The summed E-state index contributed by atoms with van der Waals surface area (Å²) < 4.78 is 27.8. The normalized spacial score (nSPS) is 20.5. The van der Waals surface area contributed by atoms with Crippen molar-refractivity contribution in [1.29, 1.82) is 0 Å². The third-order valence-electron chi connectivity index (χ3n) is 6.51. The lowest BCUT2D eigenvalue weighted by Gasteiger charge is -2.29. The molecular formula is C24H30N2O3S. The van der Waals surface area contributed by atoms with E-state index in [0.29, 0.717) is 24.6 Å². The van der Waals surface area contributed by atoms with Gasteiger partial charge in [-0.25, -0.2) is 8.42 Å². The Morgan fingerprint density at radius 1 is 1.07 bits per heavy atom. The van der Waals surface area contributed by atoms with Gasteiger partial charge < -0.3 is 5.32 Å². The SMILES string of the molecule is Cc1ccc(S(=O)(=O)N2CCC(C)CC2)cc1C(=O)N[C@H]1CCCc2ccccc21. The molecule has 0 radical (unpaired) electrons. The highest BCUT2D eigenvalue weighted by Crippen LogP contribution is 2.30. The van der Waals surface area contributed by atoms with Gasteiger partial charge in [-0.05, 0) is 73.8 Å². The number of carbonyl (C=O) groups excluding carboxylic acids is 1. The van der Waals surface area contributed by atoms with Crippen LogP contribution in [0.3, 0.4) is 0 Å². The number of piperidine rings is 1. The van der Waals surface area contributed by atoms with Crippen molar-refractivity contribution >= 4 is 15.9 Å². The summed E-state index contributed by atoms with van der Waals surface area (Å²) in [6, 6.07) is 13.1. The minimum Gasteiger partial charge on any atom is -0.345 e. The van der Waals surface area contributed by atoms with Crippen LogP contribution in [0.2, 0.25) is 0 Å². The van der Waals surface area contributed by atoms with E-state index in [0.717, 1.165) is 37.7 Å². The van der Waals surface area contributed by atoms with Gasteiger partial charge in [-0.3, -0.25) is 4.79 Å². The number of nitrogens with zero attached hydrogens (tertiary/aromatic N) is 1. The molecule has 2 aromatic rings. The van der Waals surface area contributed by atoms with E-state index in [9.17, 15) is 13.2 Å². The van der Waals surface area contributed by atoms with Gasteiger partial charge in [0.2, 0.25) is 10.0 Å². The van der Waals surface area contributed by atoms with Crippen LogP contribution in [-0.4, -0.2) is 31.7 Å². The Bertz CT molecular complexity index is 1040. The third kappa shape index (κ3) is 4.16. The Labute approximate surface area is 179 Å². The summed E-state index contributed by atoms with van der Waals surface area (Å²) in [7, 11) is -3.59. The number of fused-ring (bicyclic) bond motifs is 1. The minimum atomic E-state index is -3.59. The second kappa shape index (κ2) is 8.52. The number of carbonyl (C=O) groups is 1. The average molecular weight is 427 g/mol. The smallest absolute Gasteiger partial charge is 0.252 e. The Balaban J connectivity index is 1.57. The van der Waals surface area contributed by atoms with Crippen molar-refractivity contribution in [3.05, 3.63) is 64.7 Å². The summed E-state index contributed by atoms with van der Waals surface area (Å²) in [5, 5.41) is 3.15. The fourth-order valence-corrected chi connectivity index (χ4v) is 6.02. The second-order valence-corrected chi connectivity index (χ2v) is 10.6. The molecule has 0 aromatic heterocycles. The molecule has 0 spiro atoms. The minimum absolute atomic E-state index is 0.0364. The Morgan fingerprint density at radius 2 is 1.80 bits per heavy atom. The van der Waals surface area contributed by atoms with Crippen LogP contribution in [0.1, 0.15) is 65.7 Å². The molecular weight excluding hydrogens is 396 g/mol. The quantitative estimate of drug-likeness (QED) is 0.796. The molecule has 1 saturated heterocycles. The zero-order valence-corrected chi connectivity index (χ0v) is 18.5. The molecule has 30 heavy (non-hydrogen) atoms. The van der Waals surface area contributed by atoms with E-state index in [1.165, 1.54) is 11.1 Å². The van der Waals surface area contributed by atoms with Crippen LogP contribution in [0.5, 0.6) is 0 Å². The number of rotatable bonds is 4. The number of nitrogens with one attached hydrogen (secondary N) is 1. The first-order chi connectivity index (χ1) is 14.4. The van der Waals surface area contributed by atoms with Crippen molar-refractivity contribution in [3.63, 3.8) is 0 Å². The van der Waals surface area contributed by atoms with Crippen molar-refractivity contribution in [3.8, 4) is 0 Å². The molecule has 0 bridgehead atoms. The molecule has 1 heterocycles. The van der Waals surface area contributed by atoms with Crippen LogP contribution in [0.15, 0.2) is 47.4 Å². The summed E-state index contributed by atoms with van der Waals surface area (Å²) in [4.78, 5) is 13.3. The summed E-state index contributed by atoms with van der Waals surface area (Å²) in [5.41, 5.74) is 3.66. The number of aryl methyl sites for hydroxylation is 2. The van der Waals surface area contributed by atoms with E-state index < -0.39 is 10.0 Å². The lowest BCUT2D eigenvalue weighted by atomic mass is 9.87. The number of hydrogen-bond donors (Lipinski definition) is 1. The Morgan fingerprint density at radius 3 is 2.57 bits per heavy atom. The van der Waals surface area contributed by atoms with E-state index >= 15 is 0 Å². The van der Waals surface area contributed by atoms with Crippen LogP contribution >= 0.6 is 0 Å². The van der Waals surface area contributed by atoms with E-state index in [4.69, 9.17) is 0 Å². The van der Waals surface area contributed by atoms with Gasteiger partial charge in [0.1, 0.15) is 0 Å². The predicted molar refractivity (Wildman–Crippen MR) is 118 cm³/mol. The first-order valence-corrected chi connectivity index (χ1v) is 12.3. The van der Waals surface area contributed by atoms with Gasteiger partial charge in [-0.15, -0.1) is 0 Å². The molecule has 160 valence electrons. The summed E-state index contributed by atoms with van der Waals surface area (Å²) in [5.74, 6) is 0.340. The molecule has 1 amide bonds. The Hall–Kier alpha value is -2.18. The zero-order chi connectivity index (χ0) is 21.3. The topological polar surface area (TPSA) is 66.5 Å². The molecule has 1 fully saturated rings. The van der Waals surface area contributed by atoms with Crippen molar-refractivity contribution in [2.24, 2.45) is 5.92 Å². The van der Waals surface area contributed by atoms with Gasteiger partial charge in [-0.2, -0.15) is 4.31 Å². The fourth-order valence-electron chi connectivity index (χ4n) is 4.52. The first kappa shape index (κ1) is 21.1. The highest BCUT2D eigenvalue weighted by molar-refractivity contribution is 7.89. The zero-order valence-electron chi connectivity index (χ0n) is 17.7. The number of sulfonamides is 1. The standard InChI is InChI=1S/C24H30N2O3S/c1-17-12-14-26(15-13-17)30(28,29)20-11-10-18(2)22(16-20)24(27)25-23-9-5-7-19-6-3-4-8-21(19)23/h3-4,6,8,10-11,16-17,23H,5,7,9,12-15H2,1-2H3,(H,25,27)/t23-/m0/s1. The van der Waals surface area contributed by atoms with E-state index in [1.54, 1.807) is 22.5 Å².